The second-order valence-electron chi connectivity index (χ2n) is 1.86. The molecule has 1 aromatic carbocycles. The van der Waals surface area contributed by atoms with Gasteiger partial charge in [-0.1, -0.05) is 30.3 Å². The Labute approximate surface area is 74.6 Å². The summed E-state index contributed by atoms with van der Waals surface area (Å²) in [7, 11) is 0. The predicted molar refractivity (Wildman–Crippen MR) is 37.2 cm³/mol. The summed E-state index contributed by atoms with van der Waals surface area (Å²) in [5.74, 6) is 0. The first kappa shape index (κ1) is 10.6. The van der Waals surface area contributed by atoms with Gasteiger partial charge in [-0.15, -0.1) is 0 Å². The summed E-state index contributed by atoms with van der Waals surface area (Å²) in [4.78, 5) is 0. The Balaban J connectivity index is 0.000001000. The molecule has 0 fully saturated rings. The first-order chi connectivity index (χ1) is 4.61. The monoisotopic (exact) mass is 153 g/mol. The van der Waals surface area contributed by atoms with Crippen LogP contribution in [0.3, 0.4) is 0 Å². The number of rotatable bonds is 0. The van der Waals surface area contributed by atoms with Crippen molar-refractivity contribution < 1.29 is 13.2 Å². The van der Waals surface area contributed by atoms with Crippen LogP contribution in [-0.2, 0) is 6.18 Å². The molecule has 0 atom stereocenters. The molecule has 1 radical (unpaired) electrons. The van der Waals surface area contributed by atoms with Crippen molar-refractivity contribution in [1.29, 1.82) is 0 Å². The normalized spacial score (nSPS) is 10.5. The minimum Gasteiger partial charge on any atom is -0.166 e. The molecule has 0 aliphatic carbocycles. The summed E-state index contributed by atoms with van der Waals surface area (Å²) in [5, 5.41) is 0. The van der Waals surface area contributed by atoms with Crippen molar-refractivity contribution in [2.45, 2.75) is 6.18 Å². The van der Waals surface area contributed by atoms with Gasteiger partial charge in [-0.25, -0.2) is 0 Å². The maximum atomic E-state index is 11.8. The van der Waals surface area contributed by atoms with Crippen LogP contribution < -0.4 is 0 Å². The first-order valence-electron chi connectivity index (χ1n) is 2.73. The zero-order valence-electron chi connectivity index (χ0n) is 6.02. The van der Waals surface area contributed by atoms with E-state index in [1.807, 2.05) is 0 Å². The van der Waals surface area contributed by atoms with Gasteiger partial charge in [-0.3, -0.25) is 0 Å². The summed E-state index contributed by atoms with van der Waals surface area (Å²) in [6.45, 7) is 0. The van der Waals surface area contributed by atoms with Crippen LogP contribution in [0.15, 0.2) is 30.3 Å². The van der Waals surface area contributed by atoms with E-state index in [1.54, 1.807) is 6.07 Å². The molecule has 1 aromatic rings. The third-order valence-corrected chi connectivity index (χ3v) is 1.10. The summed E-state index contributed by atoms with van der Waals surface area (Å²) in [6.07, 6.45) is -4.21. The molecule has 0 aliphatic heterocycles. The maximum Gasteiger partial charge on any atom is 0.416 e. The Morgan fingerprint density at radius 3 is 1.64 bits per heavy atom. The first-order valence-corrected chi connectivity index (χ1v) is 2.73. The van der Waals surface area contributed by atoms with Crippen molar-refractivity contribution in [3.8, 4) is 0 Å². The smallest absolute Gasteiger partial charge is 0.166 e. The molecule has 0 N–H and O–H groups in total. The topological polar surface area (TPSA) is 0 Å². The van der Waals surface area contributed by atoms with E-state index < -0.39 is 11.7 Å². The second kappa shape index (κ2) is 3.84. The van der Waals surface area contributed by atoms with Gasteiger partial charge in [0.2, 0.25) is 0 Å². The van der Waals surface area contributed by atoms with Gasteiger partial charge in [0, 0.05) is 18.9 Å². The Bertz CT molecular complexity index is 205. The van der Waals surface area contributed by atoms with Crippen LogP contribution in [-0.4, -0.2) is 18.9 Å². The molecule has 11 heavy (non-hydrogen) atoms. The Morgan fingerprint density at radius 2 is 1.36 bits per heavy atom. The molecule has 0 unspecified atom stereocenters. The summed E-state index contributed by atoms with van der Waals surface area (Å²) < 4.78 is 35.4. The summed E-state index contributed by atoms with van der Waals surface area (Å²) >= 11 is 0. The minimum atomic E-state index is -4.21. The molecule has 0 amide bonds. The van der Waals surface area contributed by atoms with Crippen LogP contribution in [0.2, 0.25) is 0 Å². The van der Waals surface area contributed by atoms with Crippen LogP contribution in [0, 0.1) is 0 Å². The largest absolute Gasteiger partial charge is 0.416 e. The second-order valence-corrected chi connectivity index (χ2v) is 1.86. The van der Waals surface area contributed by atoms with Crippen LogP contribution in [0.1, 0.15) is 5.56 Å². The molecule has 1 rings (SSSR count). The standard InChI is InChI=1S/C7H5F3.Li/c8-7(9,10)6-4-2-1-3-5-6;/h1-5H;. The van der Waals surface area contributed by atoms with Crippen LogP contribution in [0.25, 0.3) is 0 Å². The van der Waals surface area contributed by atoms with Gasteiger partial charge in [0.25, 0.3) is 0 Å². The zero-order chi connectivity index (χ0) is 7.61. The zero-order valence-corrected chi connectivity index (χ0v) is 6.02. The van der Waals surface area contributed by atoms with E-state index in [4.69, 9.17) is 0 Å². The molecular formula is C7H5F3Li. The quantitative estimate of drug-likeness (QED) is 0.501. The van der Waals surface area contributed by atoms with Crippen LogP contribution >= 0.6 is 0 Å². The Morgan fingerprint density at radius 1 is 0.909 bits per heavy atom. The third kappa shape index (κ3) is 3.00. The van der Waals surface area contributed by atoms with Crippen molar-refractivity contribution in [2.75, 3.05) is 0 Å². The van der Waals surface area contributed by atoms with Crippen LogP contribution in [0.4, 0.5) is 13.2 Å². The van der Waals surface area contributed by atoms with Gasteiger partial charge in [0.05, 0.1) is 5.56 Å². The Hall–Kier alpha value is -0.393. The number of benzene rings is 1. The van der Waals surface area contributed by atoms with E-state index in [1.165, 1.54) is 12.1 Å². The van der Waals surface area contributed by atoms with Gasteiger partial charge in [0.15, 0.2) is 0 Å². The van der Waals surface area contributed by atoms with E-state index in [0.29, 0.717) is 0 Å². The average molecular weight is 153 g/mol. The molecule has 0 saturated carbocycles. The van der Waals surface area contributed by atoms with Crippen molar-refractivity contribution in [3.05, 3.63) is 35.9 Å². The molecule has 0 heterocycles. The maximum absolute atomic E-state index is 11.8. The molecule has 0 aromatic heterocycles. The molecular weight excluding hydrogens is 148 g/mol. The van der Waals surface area contributed by atoms with E-state index in [2.05, 4.69) is 0 Å². The molecule has 0 spiro atoms. The number of hydrogen-bond donors (Lipinski definition) is 0. The van der Waals surface area contributed by atoms with E-state index in [9.17, 15) is 13.2 Å². The van der Waals surface area contributed by atoms with Crippen molar-refractivity contribution >= 4 is 18.9 Å². The van der Waals surface area contributed by atoms with Gasteiger partial charge in [-0.2, -0.15) is 13.2 Å². The van der Waals surface area contributed by atoms with E-state index >= 15 is 0 Å². The molecule has 55 valence electrons. The summed E-state index contributed by atoms with van der Waals surface area (Å²) in [5.41, 5.74) is -0.602. The number of alkyl halides is 3. The molecule has 4 heteroatoms. The third-order valence-electron chi connectivity index (χ3n) is 1.10. The van der Waals surface area contributed by atoms with Crippen molar-refractivity contribution in [3.63, 3.8) is 0 Å². The summed E-state index contributed by atoms with van der Waals surface area (Å²) in [6, 6.07) is 6.36. The fourth-order valence-electron chi connectivity index (χ4n) is 0.627. The fraction of sp³-hybridized carbons (Fsp3) is 0.143. The van der Waals surface area contributed by atoms with E-state index in [-0.39, 0.29) is 18.9 Å². The minimum absolute atomic E-state index is 0. The predicted octanol–water partition coefficient (Wildman–Crippen LogP) is 2.32. The average Bonchev–Trinajstić information content (AvgIpc) is 1.88. The van der Waals surface area contributed by atoms with Gasteiger partial charge >= 0.3 is 6.18 Å². The molecule has 0 saturated heterocycles. The fourth-order valence-corrected chi connectivity index (χ4v) is 0.627. The molecule has 0 aliphatic rings. The molecule has 0 nitrogen and oxygen atoms in total. The van der Waals surface area contributed by atoms with Crippen molar-refractivity contribution in [1.82, 2.24) is 0 Å². The van der Waals surface area contributed by atoms with Gasteiger partial charge in [-0.05, 0) is 0 Å². The van der Waals surface area contributed by atoms with Gasteiger partial charge in [0.1, 0.15) is 0 Å². The SMILES string of the molecule is FC(F)(F)c1ccccc1.[Li]. The number of hydrogen-bond acceptors (Lipinski definition) is 0. The molecule has 0 bridgehead atoms. The van der Waals surface area contributed by atoms with E-state index in [0.717, 1.165) is 12.1 Å². The van der Waals surface area contributed by atoms with Gasteiger partial charge < -0.3 is 0 Å². The van der Waals surface area contributed by atoms with Crippen LogP contribution in [0.5, 0.6) is 0 Å². The van der Waals surface area contributed by atoms with Crippen molar-refractivity contribution in [2.24, 2.45) is 0 Å². The Kier molecular flexibility index (Phi) is 3.71. The number of halogens is 3.